The van der Waals surface area contributed by atoms with Crippen molar-refractivity contribution in [3.8, 4) is 0 Å². The van der Waals surface area contributed by atoms with Gasteiger partial charge in [0.25, 0.3) is 0 Å². The molecule has 0 spiro atoms. The summed E-state index contributed by atoms with van der Waals surface area (Å²) in [6, 6.07) is 8.72. The second-order valence-corrected chi connectivity index (χ2v) is 4.44. The van der Waals surface area contributed by atoms with E-state index in [9.17, 15) is 9.59 Å². The van der Waals surface area contributed by atoms with Crippen LogP contribution in [0.25, 0.3) is 10.9 Å². The minimum Gasteiger partial charge on any atom is -0.296 e. The Kier molecular flexibility index (Phi) is 3.85. The van der Waals surface area contributed by atoms with Crippen molar-refractivity contribution in [2.45, 2.75) is 18.8 Å². The van der Waals surface area contributed by atoms with Gasteiger partial charge in [-0.15, -0.1) is 0 Å². The number of aromatic nitrogens is 2. The van der Waals surface area contributed by atoms with Gasteiger partial charge in [-0.1, -0.05) is 5.39 Å². The van der Waals surface area contributed by atoms with Gasteiger partial charge >= 0.3 is 0 Å². The van der Waals surface area contributed by atoms with Crippen molar-refractivity contribution in [3.05, 3.63) is 30.0 Å². The van der Waals surface area contributed by atoms with Gasteiger partial charge in [-0.2, -0.15) is 29.4 Å². The van der Waals surface area contributed by atoms with Gasteiger partial charge in [-0.3, -0.25) is 19.6 Å². The first kappa shape index (κ1) is 13.9. The number of piperidine rings is 1. The third kappa shape index (κ3) is 2.35. The molecule has 19 heavy (non-hydrogen) atoms. The predicted molar refractivity (Wildman–Crippen MR) is 64.7 cm³/mol. The number of hydrogen-bond donors (Lipinski definition) is 1. The number of benzene rings is 1. The number of para-hydroxylation sites is 1. The molecule has 1 aliphatic heterocycles. The number of nitrogens with zero attached hydrogens (tertiary/aromatic N) is 2. The summed E-state index contributed by atoms with van der Waals surface area (Å²) in [6.45, 7) is 0. The molecule has 2 aromatic rings. The molecule has 5 nitrogen and oxygen atoms in total. The van der Waals surface area contributed by atoms with Crippen LogP contribution in [0.2, 0.25) is 0 Å². The molecule has 1 N–H and O–H groups in total. The summed E-state index contributed by atoms with van der Waals surface area (Å²) in [5.41, 5.74) is 1.60. The first-order valence-electron chi connectivity index (χ1n) is 5.84. The third-order valence-electron chi connectivity index (χ3n) is 3.26. The van der Waals surface area contributed by atoms with Crippen LogP contribution in [0.3, 0.4) is 0 Å². The molecule has 0 aliphatic carbocycles. The zero-order chi connectivity index (χ0) is 12.7. The molecule has 1 fully saturated rings. The Morgan fingerprint density at radius 3 is 3.00 bits per heavy atom. The Bertz CT molecular complexity index is 650. The molecule has 1 aliphatic rings. The number of carbonyl (C=O) groups is 2. The molecular formula is C13H12N3O2W-. The van der Waals surface area contributed by atoms with Crippen LogP contribution in [0.1, 0.15) is 24.5 Å². The standard InChI is InChI=1S/C13H12N3O2.W/c1-16-10-5-3-2-4-8(10)12(15-16)9-6-7-11(17)14-13(9)18;/h2-4,9H,6-7H2,1H3,(H,14,17,18);/q-1;. The fourth-order valence-electron chi connectivity index (χ4n) is 2.38. The summed E-state index contributed by atoms with van der Waals surface area (Å²) in [5.74, 6) is -0.805. The van der Waals surface area contributed by atoms with Crippen molar-refractivity contribution < 1.29 is 30.7 Å². The molecule has 1 saturated heterocycles. The minimum atomic E-state index is -0.345. The van der Waals surface area contributed by atoms with Crippen LogP contribution < -0.4 is 5.32 Å². The van der Waals surface area contributed by atoms with E-state index < -0.39 is 0 Å². The van der Waals surface area contributed by atoms with E-state index in [1.54, 1.807) is 4.68 Å². The zero-order valence-corrected chi connectivity index (χ0v) is 13.3. The second kappa shape index (κ2) is 5.25. The number of rotatable bonds is 1. The molecule has 0 radical (unpaired) electrons. The van der Waals surface area contributed by atoms with Crippen LogP contribution in [-0.2, 0) is 37.7 Å². The monoisotopic (exact) mass is 426 g/mol. The smallest absolute Gasteiger partial charge is 0.234 e. The van der Waals surface area contributed by atoms with Gasteiger partial charge in [0.2, 0.25) is 11.8 Å². The maximum absolute atomic E-state index is 11.9. The predicted octanol–water partition coefficient (Wildman–Crippen LogP) is 0.891. The van der Waals surface area contributed by atoms with Gasteiger partial charge in [0, 0.05) is 40.2 Å². The second-order valence-electron chi connectivity index (χ2n) is 4.44. The molecule has 0 saturated carbocycles. The maximum Gasteiger partial charge on any atom is 0.234 e. The van der Waals surface area contributed by atoms with Crippen LogP contribution in [0.5, 0.6) is 0 Å². The molecule has 2 amide bonds. The maximum atomic E-state index is 11.9. The fraction of sp³-hybridized carbons (Fsp3) is 0.308. The molecule has 1 aromatic heterocycles. The van der Waals surface area contributed by atoms with Crippen molar-refractivity contribution in [1.29, 1.82) is 0 Å². The molecule has 0 bridgehead atoms. The first-order valence-corrected chi connectivity index (χ1v) is 5.84. The van der Waals surface area contributed by atoms with Crippen molar-refractivity contribution >= 4 is 22.7 Å². The molecule has 98 valence electrons. The number of carbonyl (C=O) groups excluding carboxylic acids is 2. The van der Waals surface area contributed by atoms with Gasteiger partial charge < -0.3 is 0 Å². The van der Waals surface area contributed by atoms with Crippen molar-refractivity contribution in [1.82, 2.24) is 15.1 Å². The van der Waals surface area contributed by atoms with Crippen LogP contribution in [-0.4, -0.2) is 21.6 Å². The van der Waals surface area contributed by atoms with Crippen LogP contribution in [0.15, 0.2) is 18.2 Å². The molecule has 1 atom stereocenters. The topological polar surface area (TPSA) is 64.0 Å². The van der Waals surface area contributed by atoms with Gasteiger partial charge in [0.15, 0.2) is 0 Å². The summed E-state index contributed by atoms with van der Waals surface area (Å²) in [4.78, 5) is 23.0. The first-order chi connectivity index (χ1) is 8.66. The SMILES string of the molecule is Cn1nc(C2CCC(=O)NC2=O)c2ccc[c-]c21.[W]. The summed E-state index contributed by atoms with van der Waals surface area (Å²) >= 11 is 0. The van der Waals surface area contributed by atoms with E-state index in [-0.39, 0.29) is 38.8 Å². The van der Waals surface area contributed by atoms with E-state index >= 15 is 0 Å². The molecule has 1 unspecified atom stereocenters. The van der Waals surface area contributed by atoms with Gasteiger partial charge in [0.05, 0.1) is 5.92 Å². The summed E-state index contributed by atoms with van der Waals surface area (Å²) in [6.07, 6.45) is 0.886. The van der Waals surface area contributed by atoms with Crippen molar-refractivity contribution in [2.75, 3.05) is 0 Å². The Labute approximate surface area is 124 Å². The quantitative estimate of drug-likeness (QED) is 0.545. The van der Waals surface area contributed by atoms with Crippen LogP contribution in [0, 0.1) is 6.07 Å². The molecule has 2 heterocycles. The Hall–Kier alpha value is -1.48. The van der Waals surface area contributed by atoms with Crippen molar-refractivity contribution in [3.63, 3.8) is 0 Å². The largest absolute Gasteiger partial charge is 0.296 e. The van der Waals surface area contributed by atoms with E-state index in [1.807, 2.05) is 25.2 Å². The molecule has 6 heteroatoms. The fourth-order valence-corrected chi connectivity index (χ4v) is 2.38. The Morgan fingerprint density at radius 2 is 2.26 bits per heavy atom. The number of amides is 2. The number of hydrogen-bond acceptors (Lipinski definition) is 3. The van der Waals surface area contributed by atoms with Crippen LogP contribution in [0.4, 0.5) is 0 Å². The Balaban J connectivity index is 0.00000133. The van der Waals surface area contributed by atoms with E-state index in [1.165, 1.54) is 0 Å². The molecule has 3 rings (SSSR count). The van der Waals surface area contributed by atoms with Crippen molar-refractivity contribution in [2.24, 2.45) is 7.05 Å². The van der Waals surface area contributed by atoms with Crippen LogP contribution >= 0.6 is 0 Å². The van der Waals surface area contributed by atoms with Gasteiger partial charge in [-0.05, 0) is 11.9 Å². The van der Waals surface area contributed by atoms with E-state index in [0.29, 0.717) is 12.8 Å². The zero-order valence-electron chi connectivity index (χ0n) is 10.3. The number of aryl methyl sites for hydroxylation is 1. The normalized spacial score (nSPS) is 19.1. The Morgan fingerprint density at radius 1 is 1.47 bits per heavy atom. The van der Waals surface area contributed by atoms with Gasteiger partial charge in [0.1, 0.15) is 0 Å². The average molecular weight is 426 g/mol. The summed E-state index contributed by atoms with van der Waals surface area (Å²) in [7, 11) is 1.83. The minimum absolute atomic E-state index is 0. The molecular weight excluding hydrogens is 414 g/mol. The van der Waals surface area contributed by atoms with E-state index in [4.69, 9.17) is 0 Å². The summed E-state index contributed by atoms with van der Waals surface area (Å²) < 4.78 is 1.72. The molecule has 1 aromatic carbocycles. The number of imide groups is 1. The van der Waals surface area contributed by atoms with E-state index in [0.717, 1.165) is 16.6 Å². The third-order valence-corrected chi connectivity index (χ3v) is 3.26. The van der Waals surface area contributed by atoms with E-state index in [2.05, 4.69) is 16.5 Å². The number of fused-ring (bicyclic) bond motifs is 1. The number of nitrogens with one attached hydrogen (secondary N) is 1. The average Bonchev–Trinajstić information content (AvgIpc) is 2.68. The van der Waals surface area contributed by atoms with Gasteiger partial charge in [-0.25, -0.2) is 0 Å². The summed E-state index contributed by atoms with van der Waals surface area (Å²) in [5, 5.41) is 7.69.